The summed E-state index contributed by atoms with van der Waals surface area (Å²) in [5.74, 6) is -1.81. The number of amides is 4. The molecular formula is C24H26N2O4. The Morgan fingerprint density at radius 3 is 1.77 bits per heavy atom. The highest BCUT2D eigenvalue weighted by Gasteiger charge is 2.42. The molecule has 3 rings (SSSR count). The lowest BCUT2D eigenvalue weighted by atomic mass is 9.92. The zero-order chi connectivity index (χ0) is 22.3. The number of para-hydroxylation sites is 1. The highest BCUT2D eigenvalue weighted by Crippen LogP contribution is 2.41. The zero-order valence-electron chi connectivity index (χ0n) is 18.1. The Hall–Kier alpha value is -3.28. The molecule has 0 fully saturated rings. The number of hydrogen-bond donors (Lipinski definition) is 0. The molecule has 6 heteroatoms. The Bertz CT molecular complexity index is 1030. The highest BCUT2D eigenvalue weighted by molar-refractivity contribution is 6.37. The van der Waals surface area contributed by atoms with Crippen molar-refractivity contribution in [2.24, 2.45) is 0 Å². The molecule has 4 amide bonds. The largest absolute Gasteiger partial charge is 0.274 e. The molecule has 2 aromatic rings. The van der Waals surface area contributed by atoms with E-state index in [0.717, 1.165) is 16.0 Å². The minimum atomic E-state index is -0.520. The third-order valence-corrected chi connectivity index (χ3v) is 5.33. The topological polar surface area (TPSA) is 74.8 Å². The predicted molar refractivity (Wildman–Crippen MR) is 116 cm³/mol. The summed E-state index contributed by atoms with van der Waals surface area (Å²) < 4.78 is 0. The fraction of sp³-hybridized carbons (Fsp3) is 0.333. The average Bonchev–Trinajstić information content (AvgIpc) is 2.91. The van der Waals surface area contributed by atoms with Crippen molar-refractivity contribution in [3.05, 3.63) is 58.7 Å². The Kier molecular flexibility index (Phi) is 5.61. The maximum atomic E-state index is 13.6. The molecule has 0 saturated carbocycles. The van der Waals surface area contributed by atoms with Crippen LogP contribution in [0.4, 0.5) is 11.4 Å². The first-order valence-corrected chi connectivity index (χ1v) is 10.0. The zero-order valence-corrected chi connectivity index (χ0v) is 18.1. The van der Waals surface area contributed by atoms with Crippen molar-refractivity contribution in [2.45, 2.75) is 53.4 Å². The molecule has 0 aromatic heterocycles. The maximum Gasteiger partial charge on any atom is 0.268 e. The van der Waals surface area contributed by atoms with Gasteiger partial charge in [0.2, 0.25) is 11.8 Å². The normalized spacial score (nSPS) is 13.3. The minimum Gasteiger partial charge on any atom is -0.274 e. The van der Waals surface area contributed by atoms with Gasteiger partial charge >= 0.3 is 0 Å². The van der Waals surface area contributed by atoms with Crippen molar-refractivity contribution in [3.63, 3.8) is 0 Å². The van der Waals surface area contributed by atoms with E-state index < -0.39 is 23.6 Å². The van der Waals surface area contributed by atoms with E-state index in [1.54, 1.807) is 12.1 Å². The summed E-state index contributed by atoms with van der Waals surface area (Å²) >= 11 is 0. The molecular weight excluding hydrogens is 380 g/mol. The van der Waals surface area contributed by atoms with Crippen molar-refractivity contribution in [1.29, 1.82) is 0 Å². The molecule has 6 nitrogen and oxygen atoms in total. The van der Waals surface area contributed by atoms with Crippen LogP contribution in [0.25, 0.3) is 0 Å². The lowest BCUT2D eigenvalue weighted by molar-refractivity contribution is -0.124. The number of anilines is 2. The van der Waals surface area contributed by atoms with Crippen molar-refractivity contribution >= 4 is 35.0 Å². The van der Waals surface area contributed by atoms with Crippen LogP contribution in [-0.2, 0) is 9.59 Å². The second kappa shape index (κ2) is 7.86. The Morgan fingerprint density at radius 1 is 0.800 bits per heavy atom. The van der Waals surface area contributed by atoms with Crippen LogP contribution < -0.4 is 9.80 Å². The minimum absolute atomic E-state index is 0.0844. The van der Waals surface area contributed by atoms with Gasteiger partial charge in [0.05, 0.1) is 22.5 Å². The van der Waals surface area contributed by atoms with Gasteiger partial charge in [0.1, 0.15) is 0 Å². The SMILES string of the molecule is CC(=O)N(C(C)=O)c1cccc2c1C(=O)N(c1c(C(C)C)cccc1C(C)C)C2=O. The van der Waals surface area contributed by atoms with E-state index in [4.69, 9.17) is 0 Å². The van der Waals surface area contributed by atoms with Gasteiger partial charge in [-0.25, -0.2) is 4.90 Å². The first-order valence-electron chi connectivity index (χ1n) is 10.0. The van der Waals surface area contributed by atoms with Gasteiger partial charge in [0.25, 0.3) is 11.8 Å². The Labute approximate surface area is 176 Å². The fourth-order valence-corrected chi connectivity index (χ4v) is 3.99. The van der Waals surface area contributed by atoms with Gasteiger partial charge in [-0.2, -0.15) is 0 Å². The summed E-state index contributed by atoms with van der Waals surface area (Å²) in [6.45, 7) is 10.6. The third-order valence-electron chi connectivity index (χ3n) is 5.33. The van der Waals surface area contributed by atoms with Crippen LogP contribution in [0.5, 0.6) is 0 Å². The average molecular weight is 406 g/mol. The fourth-order valence-electron chi connectivity index (χ4n) is 3.99. The van der Waals surface area contributed by atoms with Gasteiger partial charge in [-0.15, -0.1) is 0 Å². The van der Waals surface area contributed by atoms with Crippen LogP contribution in [0.15, 0.2) is 36.4 Å². The molecule has 1 aliphatic heterocycles. The number of imide groups is 2. The molecule has 1 heterocycles. The summed E-state index contributed by atoms with van der Waals surface area (Å²) in [4.78, 5) is 53.3. The van der Waals surface area contributed by atoms with E-state index in [0.29, 0.717) is 5.69 Å². The second-order valence-corrected chi connectivity index (χ2v) is 8.11. The molecule has 0 spiro atoms. The van der Waals surface area contributed by atoms with Crippen molar-refractivity contribution in [1.82, 2.24) is 0 Å². The van der Waals surface area contributed by atoms with Gasteiger partial charge in [-0.3, -0.25) is 24.1 Å². The van der Waals surface area contributed by atoms with Crippen LogP contribution in [0.1, 0.15) is 85.2 Å². The molecule has 1 aliphatic rings. The van der Waals surface area contributed by atoms with Crippen molar-refractivity contribution < 1.29 is 19.2 Å². The smallest absolute Gasteiger partial charge is 0.268 e. The van der Waals surface area contributed by atoms with Crippen LogP contribution in [0.2, 0.25) is 0 Å². The van der Waals surface area contributed by atoms with E-state index in [-0.39, 0.29) is 28.7 Å². The lowest BCUT2D eigenvalue weighted by Gasteiger charge is -2.25. The molecule has 0 radical (unpaired) electrons. The van der Waals surface area contributed by atoms with Crippen LogP contribution >= 0.6 is 0 Å². The third kappa shape index (κ3) is 3.32. The summed E-state index contributed by atoms with van der Waals surface area (Å²) in [6, 6.07) is 10.4. The number of hydrogen-bond acceptors (Lipinski definition) is 4. The number of carbonyl (C=O) groups is 4. The molecule has 30 heavy (non-hydrogen) atoms. The molecule has 0 bridgehead atoms. The van der Waals surface area contributed by atoms with E-state index in [9.17, 15) is 19.2 Å². The number of carbonyl (C=O) groups excluding carboxylic acids is 4. The first kappa shape index (κ1) is 21.4. The van der Waals surface area contributed by atoms with E-state index in [1.165, 1.54) is 24.8 Å². The van der Waals surface area contributed by atoms with Gasteiger partial charge in [-0.1, -0.05) is 52.0 Å². The highest BCUT2D eigenvalue weighted by atomic mass is 16.2. The van der Waals surface area contributed by atoms with Gasteiger partial charge in [0.15, 0.2) is 0 Å². The number of fused-ring (bicyclic) bond motifs is 1. The van der Waals surface area contributed by atoms with Gasteiger partial charge in [-0.05, 0) is 35.1 Å². The Morgan fingerprint density at radius 2 is 1.30 bits per heavy atom. The monoisotopic (exact) mass is 406 g/mol. The molecule has 0 unspecified atom stereocenters. The van der Waals surface area contributed by atoms with Gasteiger partial charge < -0.3 is 0 Å². The lowest BCUT2D eigenvalue weighted by Crippen LogP contribution is -2.35. The van der Waals surface area contributed by atoms with Crippen LogP contribution in [0, 0.1) is 0 Å². The standard InChI is InChI=1S/C24H26N2O4/c1-13(2)17-9-7-10-18(14(3)4)22(17)26-23(29)19-11-8-12-20(21(19)24(26)30)25(15(5)27)16(6)28/h7-14H,1-6H3. The van der Waals surface area contributed by atoms with Crippen LogP contribution in [0.3, 0.4) is 0 Å². The van der Waals surface area contributed by atoms with E-state index in [2.05, 4.69) is 0 Å². The Balaban J connectivity index is 2.27. The summed E-state index contributed by atoms with van der Waals surface area (Å²) in [5.41, 5.74) is 2.80. The summed E-state index contributed by atoms with van der Waals surface area (Å²) in [5, 5.41) is 0. The quantitative estimate of drug-likeness (QED) is 0.694. The molecule has 0 N–H and O–H groups in total. The molecule has 0 aliphatic carbocycles. The van der Waals surface area contributed by atoms with Gasteiger partial charge in [0, 0.05) is 13.8 Å². The predicted octanol–water partition coefficient (Wildman–Crippen LogP) is 4.63. The van der Waals surface area contributed by atoms with Crippen molar-refractivity contribution in [3.8, 4) is 0 Å². The van der Waals surface area contributed by atoms with Crippen molar-refractivity contribution in [2.75, 3.05) is 9.80 Å². The van der Waals surface area contributed by atoms with Crippen LogP contribution in [-0.4, -0.2) is 23.6 Å². The molecule has 156 valence electrons. The second-order valence-electron chi connectivity index (χ2n) is 8.11. The molecule has 0 saturated heterocycles. The number of nitrogens with zero attached hydrogens (tertiary/aromatic N) is 2. The number of benzene rings is 2. The van der Waals surface area contributed by atoms with E-state index >= 15 is 0 Å². The van der Waals surface area contributed by atoms with E-state index in [1.807, 2.05) is 45.9 Å². The first-order chi connectivity index (χ1) is 14.1. The molecule has 0 atom stereocenters. The maximum absolute atomic E-state index is 13.6. The molecule has 2 aromatic carbocycles. The summed E-state index contributed by atoms with van der Waals surface area (Å²) in [6.07, 6.45) is 0. The number of rotatable bonds is 4. The summed E-state index contributed by atoms with van der Waals surface area (Å²) in [7, 11) is 0.